The van der Waals surface area contributed by atoms with Gasteiger partial charge in [0.1, 0.15) is 0 Å². The Bertz CT molecular complexity index is 498. The molecule has 6 heteroatoms. The highest BCUT2D eigenvalue weighted by molar-refractivity contribution is 5.94. The van der Waals surface area contributed by atoms with Crippen LogP contribution in [0.15, 0.2) is 6.07 Å². The third-order valence-electron chi connectivity index (χ3n) is 4.15. The van der Waals surface area contributed by atoms with E-state index < -0.39 is 17.8 Å². The molecule has 3 unspecified atom stereocenters. The van der Waals surface area contributed by atoms with Crippen molar-refractivity contribution in [3.8, 4) is 0 Å². The molecule has 2 rings (SSSR count). The first-order valence-electron chi connectivity index (χ1n) is 7.13. The largest absolute Gasteiger partial charge is 0.481 e. The van der Waals surface area contributed by atoms with Crippen molar-refractivity contribution in [3.63, 3.8) is 0 Å². The number of carbonyl (C=O) groups is 2. The summed E-state index contributed by atoms with van der Waals surface area (Å²) in [7, 11) is 0. The van der Waals surface area contributed by atoms with Gasteiger partial charge in [-0.1, -0.05) is 20.3 Å². The fourth-order valence-corrected chi connectivity index (χ4v) is 2.86. The molecule has 20 heavy (non-hydrogen) atoms. The van der Waals surface area contributed by atoms with Gasteiger partial charge in [0.25, 0.3) is 0 Å². The van der Waals surface area contributed by atoms with Crippen LogP contribution < -0.4 is 5.32 Å². The number of carboxylic acid groups (broad SMARTS) is 1. The van der Waals surface area contributed by atoms with Crippen molar-refractivity contribution in [1.82, 2.24) is 10.2 Å². The highest BCUT2D eigenvalue weighted by Crippen LogP contribution is 2.38. The van der Waals surface area contributed by atoms with Crippen molar-refractivity contribution in [3.05, 3.63) is 11.8 Å². The number of aliphatic carboxylic acids is 1. The fraction of sp³-hybridized carbons (Fsp3) is 0.643. The molecule has 1 aromatic heterocycles. The van der Waals surface area contributed by atoms with Crippen molar-refractivity contribution in [2.45, 2.75) is 39.5 Å². The van der Waals surface area contributed by atoms with Gasteiger partial charge < -0.3 is 10.4 Å². The minimum absolute atomic E-state index is 0.234. The van der Waals surface area contributed by atoms with E-state index in [4.69, 9.17) is 0 Å². The topological polar surface area (TPSA) is 95.1 Å². The summed E-state index contributed by atoms with van der Waals surface area (Å²) in [5, 5.41) is 18.8. The van der Waals surface area contributed by atoms with Crippen LogP contribution in [-0.2, 0) is 16.0 Å². The first kappa shape index (κ1) is 14.6. The molecule has 1 aliphatic rings. The van der Waals surface area contributed by atoms with Crippen LogP contribution in [0.1, 0.15) is 38.8 Å². The van der Waals surface area contributed by atoms with E-state index in [2.05, 4.69) is 15.5 Å². The predicted molar refractivity (Wildman–Crippen MR) is 74.2 cm³/mol. The molecule has 0 saturated heterocycles. The number of aromatic amines is 1. The molecule has 1 aliphatic carbocycles. The standard InChI is InChI=1S/C14H21N3O3/c1-3-8-5-10(11(6-8)14(19)20)13(18)15-12-7-9(4-2)16-17-12/h7-8,10-11H,3-6H2,1-2H3,(H,19,20)(H2,15,16,17,18). The van der Waals surface area contributed by atoms with Crippen LogP contribution in [0.25, 0.3) is 0 Å². The van der Waals surface area contributed by atoms with Gasteiger partial charge in [0.2, 0.25) is 5.91 Å². The van der Waals surface area contributed by atoms with Crippen LogP contribution >= 0.6 is 0 Å². The van der Waals surface area contributed by atoms with Crippen LogP contribution in [-0.4, -0.2) is 27.2 Å². The molecule has 0 radical (unpaired) electrons. The molecular formula is C14H21N3O3. The molecular weight excluding hydrogens is 258 g/mol. The number of carbonyl (C=O) groups excluding carboxylic acids is 1. The molecule has 0 bridgehead atoms. The van der Waals surface area contributed by atoms with E-state index in [-0.39, 0.29) is 5.91 Å². The normalized spacial score (nSPS) is 25.6. The first-order chi connectivity index (χ1) is 9.55. The number of carboxylic acids is 1. The third-order valence-corrected chi connectivity index (χ3v) is 4.15. The number of hydrogen-bond donors (Lipinski definition) is 3. The van der Waals surface area contributed by atoms with E-state index in [0.29, 0.717) is 24.6 Å². The predicted octanol–water partition coefficient (Wildman–Crippen LogP) is 2.05. The van der Waals surface area contributed by atoms with Crippen LogP contribution in [0.3, 0.4) is 0 Å². The number of aryl methyl sites for hydroxylation is 1. The molecule has 1 aromatic rings. The Morgan fingerprint density at radius 1 is 1.40 bits per heavy atom. The summed E-state index contributed by atoms with van der Waals surface area (Å²) in [5.41, 5.74) is 0.938. The van der Waals surface area contributed by atoms with Crippen LogP contribution in [0, 0.1) is 17.8 Å². The Labute approximate surface area is 118 Å². The zero-order valence-corrected chi connectivity index (χ0v) is 11.8. The van der Waals surface area contributed by atoms with Gasteiger partial charge in [0, 0.05) is 11.8 Å². The number of nitrogens with one attached hydrogen (secondary N) is 2. The molecule has 1 heterocycles. The number of H-pyrrole nitrogens is 1. The van der Waals surface area contributed by atoms with Gasteiger partial charge in [-0.25, -0.2) is 0 Å². The van der Waals surface area contributed by atoms with Crippen molar-refractivity contribution in [2.75, 3.05) is 5.32 Å². The smallest absolute Gasteiger partial charge is 0.307 e. The summed E-state index contributed by atoms with van der Waals surface area (Å²) < 4.78 is 0. The Morgan fingerprint density at radius 2 is 2.10 bits per heavy atom. The highest BCUT2D eigenvalue weighted by Gasteiger charge is 2.42. The van der Waals surface area contributed by atoms with Crippen LogP contribution in [0.2, 0.25) is 0 Å². The summed E-state index contributed by atoms with van der Waals surface area (Å²) in [4.78, 5) is 23.5. The van der Waals surface area contributed by atoms with Crippen LogP contribution in [0.4, 0.5) is 5.82 Å². The molecule has 3 N–H and O–H groups in total. The number of nitrogens with zero attached hydrogens (tertiary/aromatic N) is 1. The van der Waals surface area contributed by atoms with Gasteiger partial charge >= 0.3 is 5.97 Å². The summed E-state index contributed by atoms with van der Waals surface area (Å²) >= 11 is 0. The second-order valence-electron chi connectivity index (χ2n) is 5.42. The maximum Gasteiger partial charge on any atom is 0.307 e. The van der Waals surface area contributed by atoms with E-state index >= 15 is 0 Å². The van der Waals surface area contributed by atoms with Crippen LogP contribution in [0.5, 0.6) is 0 Å². The Morgan fingerprint density at radius 3 is 2.65 bits per heavy atom. The molecule has 1 saturated carbocycles. The van der Waals surface area contributed by atoms with Gasteiger partial charge in [-0.15, -0.1) is 0 Å². The number of aromatic nitrogens is 2. The quantitative estimate of drug-likeness (QED) is 0.768. The number of anilines is 1. The molecule has 0 spiro atoms. The SMILES string of the molecule is CCc1cc(NC(=O)C2CC(CC)CC2C(=O)O)n[nH]1. The average molecular weight is 279 g/mol. The van der Waals surface area contributed by atoms with E-state index in [9.17, 15) is 14.7 Å². The summed E-state index contributed by atoms with van der Waals surface area (Å²) in [6.07, 6.45) is 2.95. The number of rotatable bonds is 5. The van der Waals surface area contributed by atoms with Gasteiger partial charge in [0.05, 0.1) is 11.8 Å². The van der Waals surface area contributed by atoms with Crippen molar-refractivity contribution >= 4 is 17.7 Å². The van der Waals surface area contributed by atoms with Crippen molar-refractivity contribution in [2.24, 2.45) is 17.8 Å². The average Bonchev–Trinajstić information content (AvgIpc) is 3.04. The van der Waals surface area contributed by atoms with Crippen molar-refractivity contribution in [1.29, 1.82) is 0 Å². The first-order valence-corrected chi connectivity index (χ1v) is 7.13. The van der Waals surface area contributed by atoms with E-state index in [0.717, 1.165) is 18.5 Å². The molecule has 110 valence electrons. The Balaban J connectivity index is 2.05. The van der Waals surface area contributed by atoms with E-state index in [1.165, 1.54) is 0 Å². The lowest BCUT2D eigenvalue weighted by atomic mass is 9.95. The van der Waals surface area contributed by atoms with Gasteiger partial charge in [0.15, 0.2) is 5.82 Å². The molecule has 0 aliphatic heterocycles. The van der Waals surface area contributed by atoms with Crippen molar-refractivity contribution < 1.29 is 14.7 Å². The fourth-order valence-electron chi connectivity index (χ4n) is 2.86. The minimum atomic E-state index is -0.877. The molecule has 3 atom stereocenters. The second kappa shape index (κ2) is 6.07. The zero-order chi connectivity index (χ0) is 14.7. The Hall–Kier alpha value is -1.85. The molecule has 6 nitrogen and oxygen atoms in total. The lowest BCUT2D eigenvalue weighted by Crippen LogP contribution is -2.30. The number of hydrogen-bond acceptors (Lipinski definition) is 3. The maximum absolute atomic E-state index is 12.3. The zero-order valence-electron chi connectivity index (χ0n) is 11.8. The monoisotopic (exact) mass is 279 g/mol. The van der Waals surface area contributed by atoms with Gasteiger partial charge in [-0.3, -0.25) is 14.7 Å². The molecule has 1 amide bonds. The highest BCUT2D eigenvalue weighted by atomic mass is 16.4. The number of amides is 1. The summed E-state index contributed by atoms with van der Waals surface area (Å²) in [5.74, 6) is -1.36. The molecule has 0 aromatic carbocycles. The van der Waals surface area contributed by atoms with E-state index in [1.807, 2.05) is 13.8 Å². The molecule has 1 fully saturated rings. The maximum atomic E-state index is 12.3. The second-order valence-corrected chi connectivity index (χ2v) is 5.42. The summed E-state index contributed by atoms with van der Waals surface area (Å²) in [6.45, 7) is 4.02. The summed E-state index contributed by atoms with van der Waals surface area (Å²) in [6, 6.07) is 1.78. The lowest BCUT2D eigenvalue weighted by Gasteiger charge is -2.14. The minimum Gasteiger partial charge on any atom is -0.481 e. The van der Waals surface area contributed by atoms with Gasteiger partial charge in [-0.2, -0.15) is 5.10 Å². The lowest BCUT2D eigenvalue weighted by molar-refractivity contribution is -0.145. The third kappa shape index (κ3) is 3.00. The Kier molecular flexibility index (Phi) is 4.42. The van der Waals surface area contributed by atoms with E-state index in [1.54, 1.807) is 6.07 Å². The van der Waals surface area contributed by atoms with Gasteiger partial charge in [-0.05, 0) is 25.2 Å².